The van der Waals surface area contributed by atoms with Gasteiger partial charge in [-0.1, -0.05) is 63.7 Å². The zero-order valence-corrected chi connectivity index (χ0v) is 25.1. The van der Waals surface area contributed by atoms with Crippen LogP contribution in [0.3, 0.4) is 0 Å². The van der Waals surface area contributed by atoms with Gasteiger partial charge in [0.15, 0.2) is 0 Å². The molecule has 5 unspecified atom stereocenters. The standard InChI is InChI=1S/C32H43F7O2S/c1-21-11-14-27-28-22(18-23-19-24(40)12-13-25(23)26(28)15-16-29(21,27)2)10-8-6-4-3-5-7-9-17-42(41)20-30(33,34)31(35,36)32(37,38)39/h12-13,19,22,26-28,40H,1,3-11,14-18,20H2,2H3/t22?,26?,27?,28?,29-,42?/m1/s1. The van der Waals surface area contributed by atoms with Gasteiger partial charge in [-0.2, -0.15) is 30.7 Å². The largest absolute Gasteiger partial charge is 0.508 e. The number of hydrogen-bond donors (Lipinski definition) is 1. The highest BCUT2D eigenvalue weighted by Crippen LogP contribution is 2.64. The number of benzene rings is 1. The quantitative estimate of drug-likeness (QED) is 0.135. The molecule has 0 spiro atoms. The Morgan fingerprint density at radius 1 is 0.976 bits per heavy atom. The Kier molecular flexibility index (Phi) is 10.2. The van der Waals surface area contributed by atoms with E-state index in [0.717, 1.165) is 57.8 Å². The first-order chi connectivity index (χ1) is 19.6. The number of halogens is 7. The molecule has 6 atom stereocenters. The zero-order chi connectivity index (χ0) is 30.9. The van der Waals surface area contributed by atoms with Gasteiger partial charge in [0.2, 0.25) is 0 Å². The van der Waals surface area contributed by atoms with Crippen molar-refractivity contribution in [3.8, 4) is 5.75 Å². The van der Waals surface area contributed by atoms with Crippen LogP contribution in [-0.2, 0) is 17.2 Å². The van der Waals surface area contributed by atoms with Crippen LogP contribution in [0.15, 0.2) is 30.4 Å². The summed E-state index contributed by atoms with van der Waals surface area (Å²) in [5.74, 6) is -11.3. The molecule has 10 heteroatoms. The number of fused-ring (bicyclic) bond motifs is 5. The minimum Gasteiger partial charge on any atom is -0.508 e. The zero-order valence-electron chi connectivity index (χ0n) is 24.3. The number of phenols is 1. The second kappa shape index (κ2) is 12.8. The fraction of sp³-hybridized carbons (Fsp3) is 0.750. The molecule has 42 heavy (non-hydrogen) atoms. The molecule has 3 aliphatic carbocycles. The molecule has 1 N–H and O–H groups in total. The van der Waals surface area contributed by atoms with Gasteiger partial charge in [-0.15, -0.1) is 0 Å². The van der Waals surface area contributed by atoms with Gasteiger partial charge in [-0.3, -0.25) is 4.21 Å². The van der Waals surface area contributed by atoms with Crippen molar-refractivity contribution in [3.05, 3.63) is 41.5 Å². The maximum absolute atomic E-state index is 13.4. The van der Waals surface area contributed by atoms with E-state index in [-0.39, 0.29) is 17.6 Å². The molecule has 3 aliphatic rings. The van der Waals surface area contributed by atoms with E-state index in [9.17, 15) is 40.0 Å². The summed E-state index contributed by atoms with van der Waals surface area (Å²) in [6, 6.07) is 5.89. The number of alkyl halides is 7. The topological polar surface area (TPSA) is 37.3 Å². The highest BCUT2D eigenvalue weighted by atomic mass is 32.2. The number of unbranched alkanes of at least 4 members (excludes halogenated alkanes) is 6. The molecule has 2 fully saturated rings. The summed E-state index contributed by atoms with van der Waals surface area (Å²) < 4.78 is 101. The van der Waals surface area contributed by atoms with Crippen LogP contribution in [-0.4, -0.2) is 38.8 Å². The summed E-state index contributed by atoms with van der Waals surface area (Å²) >= 11 is 0. The Bertz CT molecular complexity index is 1130. The first-order valence-electron chi connectivity index (χ1n) is 15.3. The summed E-state index contributed by atoms with van der Waals surface area (Å²) in [7, 11) is -2.46. The van der Waals surface area contributed by atoms with Crippen LogP contribution >= 0.6 is 0 Å². The van der Waals surface area contributed by atoms with Crippen molar-refractivity contribution < 1.29 is 40.0 Å². The van der Waals surface area contributed by atoms with Crippen molar-refractivity contribution in [2.75, 3.05) is 11.5 Å². The Morgan fingerprint density at radius 3 is 2.29 bits per heavy atom. The van der Waals surface area contributed by atoms with E-state index in [1.807, 2.05) is 12.1 Å². The minimum atomic E-state index is -6.39. The molecule has 0 saturated heterocycles. The van der Waals surface area contributed by atoms with Crippen LogP contribution in [0.1, 0.15) is 101 Å². The van der Waals surface area contributed by atoms with Gasteiger partial charge in [-0.05, 0) is 97.3 Å². The lowest BCUT2D eigenvalue weighted by molar-refractivity contribution is -0.348. The molecular weight excluding hydrogens is 581 g/mol. The lowest BCUT2D eigenvalue weighted by atomic mass is 9.52. The van der Waals surface area contributed by atoms with Crippen molar-refractivity contribution in [1.82, 2.24) is 0 Å². The van der Waals surface area contributed by atoms with Crippen molar-refractivity contribution in [3.63, 3.8) is 0 Å². The predicted molar refractivity (Wildman–Crippen MR) is 151 cm³/mol. The molecule has 0 bridgehead atoms. The molecule has 2 saturated carbocycles. The van der Waals surface area contributed by atoms with Crippen molar-refractivity contribution in [2.45, 2.75) is 114 Å². The summed E-state index contributed by atoms with van der Waals surface area (Å²) in [6.07, 6.45) is 5.89. The third-order valence-electron chi connectivity index (χ3n) is 10.4. The Morgan fingerprint density at radius 2 is 1.62 bits per heavy atom. The highest BCUT2D eigenvalue weighted by molar-refractivity contribution is 7.85. The smallest absolute Gasteiger partial charge is 0.459 e. The number of hydrogen-bond acceptors (Lipinski definition) is 2. The molecule has 238 valence electrons. The third-order valence-corrected chi connectivity index (χ3v) is 11.9. The minimum absolute atomic E-state index is 0.215. The Balaban J connectivity index is 1.19. The molecule has 4 rings (SSSR count). The maximum Gasteiger partial charge on any atom is 0.459 e. The Labute approximate surface area is 247 Å². The molecule has 0 aliphatic heterocycles. The van der Waals surface area contributed by atoms with E-state index >= 15 is 0 Å². The first-order valence-corrected chi connectivity index (χ1v) is 16.7. The van der Waals surface area contributed by atoms with Gasteiger partial charge in [0.05, 0.1) is 5.75 Å². The van der Waals surface area contributed by atoms with E-state index in [0.29, 0.717) is 35.8 Å². The number of rotatable bonds is 13. The predicted octanol–water partition coefficient (Wildman–Crippen LogP) is 9.73. The fourth-order valence-electron chi connectivity index (χ4n) is 8.09. The van der Waals surface area contributed by atoms with Gasteiger partial charge in [-0.25, -0.2) is 0 Å². The van der Waals surface area contributed by atoms with Crippen molar-refractivity contribution in [1.29, 1.82) is 0 Å². The number of allylic oxidation sites excluding steroid dienone is 1. The van der Waals surface area contributed by atoms with E-state index in [1.54, 1.807) is 0 Å². The van der Waals surface area contributed by atoms with E-state index in [4.69, 9.17) is 0 Å². The third kappa shape index (κ3) is 6.73. The van der Waals surface area contributed by atoms with Gasteiger partial charge >= 0.3 is 18.0 Å². The van der Waals surface area contributed by atoms with Crippen LogP contribution in [0.5, 0.6) is 5.75 Å². The fourth-order valence-corrected chi connectivity index (χ4v) is 9.35. The van der Waals surface area contributed by atoms with Crippen LogP contribution in [0, 0.1) is 23.2 Å². The maximum atomic E-state index is 13.4. The van der Waals surface area contributed by atoms with E-state index in [2.05, 4.69) is 19.6 Å². The molecule has 0 aromatic heterocycles. The average molecular weight is 625 g/mol. The molecule has 1 aromatic rings. The molecular formula is C32H43F7O2S. The highest BCUT2D eigenvalue weighted by Gasteiger charge is 2.73. The van der Waals surface area contributed by atoms with Gasteiger partial charge in [0.25, 0.3) is 0 Å². The number of aromatic hydroxyl groups is 1. The number of phenolic OH excluding ortho intramolecular Hbond substituents is 1. The normalized spacial score (nSPS) is 28.7. The monoisotopic (exact) mass is 624 g/mol. The van der Waals surface area contributed by atoms with Gasteiger partial charge in [0.1, 0.15) is 5.75 Å². The molecule has 1 aromatic carbocycles. The second-order valence-corrected chi connectivity index (χ2v) is 14.6. The first kappa shape index (κ1) is 33.3. The lowest BCUT2D eigenvalue weighted by Gasteiger charge is -2.52. The van der Waals surface area contributed by atoms with Crippen LogP contribution in [0.25, 0.3) is 0 Å². The van der Waals surface area contributed by atoms with Crippen LogP contribution in [0.2, 0.25) is 0 Å². The van der Waals surface area contributed by atoms with Gasteiger partial charge in [0, 0.05) is 16.6 Å². The summed E-state index contributed by atoms with van der Waals surface area (Å²) in [6.45, 7) is 6.84. The van der Waals surface area contributed by atoms with Crippen molar-refractivity contribution in [2.24, 2.45) is 23.2 Å². The van der Waals surface area contributed by atoms with Gasteiger partial charge < -0.3 is 5.11 Å². The van der Waals surface area contributed by atoms with E-state index in [1.165, 1.54) is 29.5 Å². The molecule has 2 nitrogen and oxygen atoms in total. The summed E-state index contributed by atoms with van der Waals surface area (Å²) in [5, 5.41) is 10.1. The van der Waals surface area contributed by atoms with Crippen molar-refractivity contribution >= 4 is 10.8 Å². The summed E-state index contributed by atoms with van der Waals surface area (Å²) in [5.41, 5.74) is 4.30. The summed E-state index contributed by atoms with van der Waals surface area (Å²) in [4.78, 5) is 0. The molecule has 0 heterocycles. The SMILES string of the molecule is C=C1CCC2C3C(CCCCCCCCCS(=O)CC(F)(F)C(F)(F)C(F)(F)F)Cc4cc(O)ccc4C3CC[C@]12C. The van der Waals surface area contributed by atoms with E-state index < -0.39 is 34.6 Å². The molecule has 0 radical (unpaired) electrons. The molecule has 0 amide bonds. The second-order valence-electron chi connectivity index (χ2n) is 13.1. The van der Waals surface area contributed by atoms with Crippen LogP contribution < -0.4 is 0 Å². The lowest BCUT2D eigenvalue weighted by Crippen LogP contribution is -2.54. The van der Waals surface area contributed by atoms with Crippen LogP contribution in [0.4, 0.5) is 30.7 Å². The average Bonchev–Trinajstić information content (AvgIpc) is 3.20. The Hall–Kier alpha value is -1.58.